The molecule has 0 saturated heterocycles. The van der Waals surface area contributed by atoms with Gasteiger partial charge in [-0.2, -0.15) is 0 Å². The van der Waals surface area contributed by atoms with Crippen LogP contribution in [0.2, 0.25) is 0 Å². The highest BCUT2D eigenvalue weighted by Gasteiger charge is 2.10. The Bertz CT molecular complexity index is 245. The fraction of sp³-hybridized carbons (Fsp3) is 0.714. The lowest BCUT2D eigenvalue weighted by atomic mass is 10.0. The van der Waals surface area contributed by atoms with E-state index in [0.717, 1.165) is 19.3 Å². The zero-order valence-corrected chi connectivity index (χ0v) is 11.6. The Balaban J connectivity index is 3.79. The maximum absolute atomic E-state index is 11.5. The van der Waals surface area contributed by atoms with Crippen molar-refractivity contribution in [1.29, 1.82) is 0 Å². The highest BCUT2D eigenvalue weighted by atomic mass is 16.5. The number of hydrogen-bond donors (Lipinski definition) is 0. The minimum atomic E-state index is -0.251. The predicted molar refractivity (Wildman–Crippen MR) is 71.8 cm³/mol. The molecule has 4 heteroatoms. The van der Waals surface area contributed by atoms with Crippen LogP contribution < -0.4 is 0 Å². The van der Waals surface area contributed by atoms with Crippen LogP contribution in [-0.2, 0) is 14.3 Å². The molecule has 0 aromatic rings. The van der Waals surface area contributed by atoms with Crippen molar-refractivity contribution >= 4 is 12.4 Å². The average molecular weight is 255 g/mol. The van der Waals surface area contributed by atoms with Gasteiger partial charge in [0, 0.05) is 6.54 Å². The van der Waals surface area contributed by atoms with Crippen LogP contribution in [0.1, 0.15) is 46.0 Å². The van der Waals surface area contributed by atoms with Gasteiger partial charge in [0.05, 0.1) is 13.0 Å². The molecule has 4 nitrogen and oxygen atoms in total. The van der Waals surface area contributed by atoms with E-state index in [1.54, 1.807) is 0 Å². The number of unbranched alkanes of at least 4 members (excludes halogenated alkanes) is 1. The van der Waals surface area contributed by atoms with Gasteiger partial charge in [0.25, 0.3) is 0 Å². The third-order valence-corrected chi connectivity index (χ3v) is 2.97. The zero-order chi connectivity index (χ0) is 13.8. The van der Waals surface area contributed by atoms with Gasteiger partial charge in [-0.15, -0.1) is 0 Å². The van der Waals surface area contributed by atoms with E-state index in [9.17, 15) is 9.59 Å². The molecule has 0 rings (SSSR count). The molecule has 0 radical (unpaired) electrons. The molecule has 0 aliphatic heterocycles. The molecular weight excluding hydrogens is 230 g/mol. The summed E-state index contributed by atoms with van der Waals surface area (Å²) < 4.78 is 5.22. The quantitative estimate of drug-likeness (QED) is 0.421. The van der Waals surface area contributed by atoms with Crippen LogP contribution in [0, 0.1) is 5.92 Å². The molecule has 0 aliphatic carbocycles. The average Bonchev–Trinajstić information content (AvgIpc) is 2.40. The van der Waals surface area contributed by atoms with Crippen molar-refractivity contribution in [3.05, 3.63) is 12.8 Å². The lowest BCUT2D eigenvalue weighted by Gasteiger charge is -2.15. The van der Waals surface area contributed by atoms with Crippen molar-refractivity contribution < 1.29 is 14.3 Å². The summed E-state index contributed by atoms with van der Waals surface area (Å²) in [5.74, 6) is 0.203. The SMILES string of the molecule is C=CN(C=O)CCC(=O)OCC(CC)CCCC. The van der Waals surface area contributed by atoms with Crippen LogP contribution in [-0.4, -0.2) is 30.4 Å². The smallest absolute Gasteiger partial charge is 0.307 e. The Hall–Kier alpha value is -1.32. The third kappa shape index (κ3) is 7.87. The van der Waals surface area contributed by atoms with E-state index < -0.39 is 0 Å². The van der Waals surface area contributed by atoms with Crippen molar-refractivity contribution in [1.82, 2.24) is 4.90 Å². The Kier molecular flexibility index (Phi) is 10.0. The summed E-state index contributed by atoms with van der Waals surface area (Å²) in [5, 5.41) is 0. The molecule has 1 unspecified atom stereocenters. The van der Waals surface area contributed by atoms with Crippen molar-refractivity contribution in [2.24, 2.45) is 5.92 Å². The molecule has 0 N–H and O–H groups in total. The van der Waals surface area contributed by atoms with E-state index in [1.165, 1.54) is 17.5 Å². The maximum Gasteiger partial charge on any atom is 0.307 e. The van der Waals surface area contributed by atoms with E-state index in [4.69, 9.17) is 4.74 Å². The van der Waals surface area contributed by atoms with E-state index in [1.807, 2.05) is 0 Å². The van der Waals surface area contributed by atoms with Crippen LogP contribution in [0.5, 0.6) is 0 Å². The molecule has 0 aromatic carbocycles. The number of carbonyl (C=O) groups excluding carboxylic acids is 2. The van der Waals surface area contributed by atoms with Crippen molar-refractivity contribution in [2.75, 3.05) is 13.2 Å². The van der Waals surface area contributed by atoms with Gasteiger partial charge in [-0.1, -0.05) is 39.7 Å². The number of ether oxygens (including phenoxy) is 1. The molecule has 0 spiro atoms. The Morgan fingerprint density at radius 2 is 2.17 bits per heavy atom. The lowest BCUT2D eigenvalue weighted by Crippen LogP contribution is -2.21. The highest BCUT2D eigenvalue weighted by molar-refractivity contribution is 5.70. The second kappa shape index (κ2) is 10.8. The van der Waals surface area contributed by atoms with Crippen LogP contribution in [0.15, 0.2) is 12.8 Å². The fourth-order valence-corrected chi connectivity index (χ4v) is 1.59. The van der Waals surface area contributed by atoms with Crippen molar-refractivity contribution in [2.45, 2.75) is 46.0 Å². The van der Waals surface area contributed by atoms with Gasteiger partial charge in [0.15, 0.2) is 0 Å². The topological polar surface area (TPSA) is 46.6 Å². The molecule has 1 atom stereocenters. The standard InChI is InChI=1S/C14H25NO3/c1-4-7-8-13(5-2)11-18-14(17)9-10-15(6-3)12-16/h6,12-13H,3-5,7-11H2,1-2H3. The number of carbonyl (C=O) groups is 2. The maximum atomic E-state index is 11.5. The normalized spacial score (nSPS) is 11.7. The predicted octanol–water partition coefficient (Wildman–Crippen LogP) is 2.74. The first-order chi connectivity index (χ1) is 8.67. The van der Waals surface area contributed by atoms with Gasteiger partial charge in [0.1, 0.15) is 0 Å². The molecule has 1 amide bonds. The zero-order valence-electron chi connectivity index (χ0n) is 11.6. The number of nitrogens with zero attached hydrogens (tertiary/aromatic N) is 1. The molecule has 104 valence electrons. The number of rotatable bonds is 11. The third-order valence-electron chi connectivity index (χ3n) is 2.97. The Morgan fingerprint density at radius 1 is 1.44 bits per heavy atom. The van der Waals surface area contributed by atoms with Crippen LogP contribution in [0.3, 0.4) is 0 Å². The summed E-state index contributed by atoms with van der Waals surface area (Å²) in [6.07, 6.45) is 6.74. The molecule has 0 heterocycles. The summed E-state index contributed by atoms with van der Waals surface area (Å²) >= 11 is 0. The minimum Gasteiger partial charge on any atom is -0.465 e. The molecule has 0 bridgehead atoms. The van der Waals surface area contributed by atoms with Gasteiger partial charge in [-0.25, -0.2) is 0 Å². The lowest BCUT2D eigenvalue weighted by molar-refractivity contribution is -0.145. The summed E-state index contributed by atoms with van der Waals surface area (Å²) in [7, 11) is 0. The van der Waals surface area contributed by atoms with E-state index in [0.29, 0.717) is 25.5 Å². The number of hydrogen-bond acceptors (Lipinski definition) is 3. The Morgan fingerprint density at radius 3 is 2.67 bits per heavy atom. The van der Waals surface area contributed by atoms with E-state index in [2.05, 4.69) is 20.4 Å². The van der Waals surface area contributed by atoms with Gasteiger partial charge in [0.2, 0.25) is 6.41 Å². The van der Waals surface area contributed by atoms with Crippen molar-refractivity contribution in [3.63, 3.8) is 0 Å². The van der Waals surface area contributed by atoms with Crippen LogP contribution >= 0.6 is 0 Å². The number of amides is 1. The fourth-order valence-electron chi connectivity index (χ4n) is 1.59. The summed E-state index contributed by atoms with van der Waals surface area (Å²) in [6.45, 7) is 8.56. The van der Waals surface area contributed by atoms with Gasteiger partial charge in [-0.05, 0) is 18.5 Å². The van der Waals surface area contributed by atoms with Crippen LogP contribution in [0.25, 0.3) is 0 Å². The number of esters is 1. The molecule has 0 fully saturated rings. The summed E-state index contributed by atoms with van der Waals surface area (Å²) in [4.78, 5) is 23.3. The molecule has 0 aliphatic rings. The first kappa shape index (κ1) is 16.7. The van der Waals surface area contributed by atoms with E-state index in [-0.39, 0.29) is 12.4 Å². The summed E-state index contributed by atoms with van der Waals surface area (Å²) in [6, 6.07) is 0. The summed E-state index contributed by atoms with van der Waals surface area (Å²) in [5.41, 5.74) is 0. The molecule has 0 aromatic heterocycles. The highest BCUT2D eigenvalue weighted by Crippen LogP contribution is 2.13. The monoisotopic (exact) mass is 255 g/mol. The minimum absolute atomic E-state index is 0.217. The molecule has 18 heavy (non-hydrogen) atoms. The second-order valence-corrected chi connectivity index (χ2v) is 4.38. The largest absolute Gasteiger partial charge is 0.465 e. The molecular formula is C14H25NO3. The van der Waals surface area contributed by atoms with Gasteiger partial charge < -0.3 is 9.64 Å². The van der Waals surface area contributed by atoms with E-state index >= 15 is 0 Å². The van der Waals surface area contributed by atoms with Gasteiger partial charge >= 0.3 is 5.97 Å². The second-order valence-electron chi connectivity index (χ2n) is 4.38. The van der Waals surface area contributed by atoms with Gasteiger partial charge in [-0.3, -0.25) is 9.59 Å². The van der Waals surface area contributed by atoms with Crippen molar-refractivity contribution in [3.8, 4) is 0 Å². The first-order valence-electron chi connectivity index (χ1n) is 6.67. The first-order valence-corrected chi connectivity index (χ1v) is 6.67. The Labute approximate surface area is 110 Å². The van der Waals surface area contributed by atoms with Crippen LogP contribution in [0.4, 0.5) is 0 Å². The molecule has 0 saturated carbocycles.